The molecular formula is C21H27NO4. The van der Waals surface area contributed by atoms with E-state index in [4.69, 9.17) is 4.74 Å². The number of ether oxygens (including phenoxy) is 1. The first kappa shape index (κ1) is 17.5. The average molecular weight is 357 g/mol. The van der Waals surface area contributed by atoms with E-state index in [9.17, 15) is 14.7 Å². The van der Waals surface area contributed by atoms with Crippen LogP contribution in [0.4, 0.5) is 4.79 Å². The highest BCUT2D eigenvalue weighted by atomic mass is 16.6. The maximum Gasteiger partial charge on any atom is 0.416 e. The van der Waals surface area contributed by atoms with Crippen molar-refractivity contribution in [3.05, 3.63) is 35.9 Å². The van der Waals surface area contributed by atoms with E-state index in [1.165, 1.54) is 4.90 Å². The number of rotatable bonds is 3. The Labute approximate surface area is 154 Å². The van der Waals surface area contributed by atoms with Gasteiger partial charge in [-0.25, -0.2) is 9.69 Å². The molecule has 1 spiro atoms. The quantitative estimate of drug-likeness (QED) is 0.899. The fraction of sp³-hybridized carbons (Fsp3) is 0.619. The molecule has 4 rings (SSSR count). The summed E-state index contributed by atoms with van der Waals surface area (Å²) in [6.45, 7) is 6.58. The maximum absolute atomic E-state index is 13.2. The van der Waals surface area contributed by atoms with Gasteiger partial charge in [0.25, 0.3) is 0 Å². The standard InChI is InChI=1S/C21H27NO4/c1-13(17(23)14-7-5-4-6-8-14)18(24)22-16-11-15-9-10-21(16,20(15,2)3)12-26-19(22)25/h4-8,13,15-17,23H,9-12H2,1-3H3/t13-,15-,16-,17-,21-/m1/s1. The van der Waals surface area contributed by atoms with Gasteiger partial charge in [-0.3, -0.25) is 4.79 Å². The summed E-state index contributed by atoms with van der Waals surface area (Å²) in [6.07, 6.45) is 1.47. The van der Waals surface area contributed by atoms with E-state index in [-0.39, 0.29) is 22.8 Å². The van der Waals surface area contributed by atoms with Crippen LogP contribution < -0.4 is 0 Å². The van der Waals surface area contributed by atoms with E-state index in [0.717, 1.165) is 19.3 Å². The minimum atomic E-state index is -0.944. The van der Waals surface area contributed by atoms with E-state index in [1.54, 1.807) is 19.1 Å². The van der Waals surface area contributed by atoms with Gasteiger partial charge in [0.1, 0.15) is 6.61 Å². The molecule has 1 aromatic rings. The SMILES string of the molecule is C[C@@H](C(=O)N1C(=O)OC[C@]23CC[C@H](C[C@@H]12)C3(C)C)[C@@H](O)c1ccccc1. The predicted octanol–water partition coefficient (Wildman–Crippen LogP) is 3.53. The Bertz CT molecular complexity index is 731. The first-order valence-electron chi connectivity index (χ1n) is 9.52. The van der Waals surface area contributed by atoms with Gasteiger partial charge in [0.2, 0.25) is 5.91 Å². The second kappa shape index (κ2) is 5.81. The van der Waals surface area contributed by atoms with Gasteiger partial charge < -0.3 is 9.84 Å². The van der Waals surface area contributed by atoms with Crippen molar-refractivity contribution in [1.82, 2.24) is 4.90 Å². The van der Waals surface area contributed by atoms with Crippen molar-refractivity contribution >= 4 is 12.0 Å². The Morgan fingerprint density at radius 3 is 2.65 bits per heavy atom. The number of aliphatic hydroxyl groups excluding tert-OH is 1. The topological polar surface area (TPSA) is 66.8 Å². The zero-order valence-electron chi connectivity index (χ0n) is 15.6. The molecular weight excluding hydrogens is 330 g/mol. The third-order valence-electron chi connectivity index (χ3n) is 7.59. The summed E-state index contributed by atoms with van der Waals surface area (Å²) < 4.78 is 5.50. The molecule has 2 saturated carbocycles. The molecule has 1 N–H and O–H groups in total. The smallest absolute Gasteiger partial charge is 0.416 e. The van der Waals surface area contributed by atoms with Crippen LogP contribution in [0.5, 0.6) is 0 Å². The molecule has 26 heavy (non-hydrogen) atoms. The summed E-state index contributed by atoms with van der Waals surface area (Å²) in [5, 5.41) is 10.7. The summed E-state index contributed by atoms with van der Waals surface area (Å²) >= 11 is 0. The molecule has 3 fully saturated rings. The molecule has 0 aromatic heterocycles. The van der Waals surface area contributed by atoms with Gasteiger partial charge in [0, 0.05) is 5.41 Å². The van der Waals surface area contributed by atoms with E-state index in [0.29, 0.717) is 18.1 Å². The minimum absolute atomic E-state index is 0.0538. The number of aliphatic hydroxyl groups is 1. The van der Waals surface area contributed by atoms with Crippen LogP contribution in [0.1, 0.15) is 51.7 Å². The monoisotopic (exact) mass is 357 g/mol. The Morgan fingerprint density at radius 1 is 1.31 bits per heavy atom. The van der Waals surface area contributed by atoms with Crippen molar-refractivity contribution in [3.63, 3.8) is 0 Å². The molecule has 1 aliphatic heterocycles. The number of fused-ring (bicyclic) bond motifs is 1. The van der Waals surface area contributed by atoms with E-state index in [2.05, 4.69) is 13.8 Å². The van der Waals surface area contributed by atoms with Crippen molar-refractivity contribution in [2.24, 2.45) is 22.7 Å². The van der Waals surface area contributed by atoms with Crippen molar-refractivity contribution in [2.45, 2.75) is 52.2 Å². The zero-order valence-corrected chi connectivity index (χ0v) is 15.6. The van der Waals surface area contributed by atoms with Crippen molar-refractivity contribution in [2.75, 3.05) is 6.61 Å². The Balaban J connectivity index is 1.62. The third kappa shape index (κ3) is 2.19. The molecule has 1 saturated heterocycles. The minimum Gasteiger partial charge on any atom is -0.448 e. The molecule has 2 aliphatic carbocycles. The highest BCUT2D eigenvalue weighted by Crippen LogP contribution is 2.68. The van der Waals surface area contributed by atoms with Gasteiger partial charge in [-0.15, -0.1) is 0 Å². The number of carbonyl (C=O) groups is 2. The van der Waals surface area contributed by atoms with E-state index in [1.807, 2.05) is 18.2 Å². The molecule has 0 unspecified atom stereocenters. The molecule has 5 nitrogen and oxygen atoms in total. The van der Waals surface area contributed by atoms with Crippen LogP contribution in [0.2, 0.25) is 0 Å². The van der Waals surface area contributed by atoms with Crippen LogP contribution in [-0.2, 0) is 9.53 Å². The van der Waals surface area contributed by atoms with Gasteiger partial charge >= 0.3 is 6.09 Å². The van der Waals surface area contributed by atoms with Gasteiger partial charge in [-0.1, -0.05) is 51.1 Å². The molecule has 0 radical (unpaired) electrons. The van der Waals surface area contributed by atoms with Crippen LogP contribution in [0.25, 0.3) is 0 Å². The summed E-state index contributed by atoms with van der Waals surface area (Å²) in [5.41, 5.74) is 0.582. The van der Waals surface area contributed by atoms with Crippen molar-refractivity contribution in [1.29, 1.82) is 0 Å². The predicted molar refractivity (Wildman–Crippen MR) is 96.1 cm³/mol. The average Bonchev–Trinajstić information content (AvgIpc) is 3.02. The molecule has 2 amide bonds. The van der Waals surface area contributed by atoms with Crippen LogP contribution in [0, 0.1) is 22.7 Å². The van der Waals surface area contributed by atoms with Crippen molar-refractivity contribution < 1.29 is 19.4 Å². The van der Waals surface area contributed by atoms with Crippen LogP contribution in [0.15, 0.2) is 30.3 Å². The molecule has 1 aromatic carbocycles. The normalized spacial score (nSPS) is 34.2. The number of nitrogens with zero attached hydrogens (tertiary/aromatic N) is 1. The third-order valence-corrected chi connectivity index (χ3v) is 7.59. The Morgan fingerprint density at radius 2 is 2.00 bits per heavy atom. The Kier molecular flexibility index (Phi) is 3.92. The molecule has 140 valence electrons. The summed E-state index contributed by atoms with van der Waals surface area (Å²) in [6, 6.07) is 9.01. The number of benzene rings is 1. The fourth-order valence-electron chi connectivity index (χ4n) is 5.66. The summed E-state index contributed by atoms with van der Waals surface area (Å²) in [7, 11) is 0. The summed E-state index contributed by atoms with van der Waals surface area (Å²) in [5.74, 6) is -0.534. The highest BCUT2D eigenvalue weighted by Gasteiger charge is 2.69. The fourth-order valence-corrected chi connectivity index (χ4v) is 5.66. The number of cyclic esters (lactones) is 1. The number of carbonyl (C=O) groups excluding carboxylic acids is 2. The largest absolute Gasteiger partial charge is 0.448 e. The van der Waals surface area contributed by atoms with Crippen LogP contribution in [-0.4, -0.2) is 34.7 Å². The zero-order chi connectivity index (χ0) is 18.7. The molecule has 3 aliphatic rings. The van der Waals surface area contributed by atoms with Gasteiger partial charge in [-0.05, 0) is 36.2 Å². The second-order valence-corrected chi connectivity index (χ2v) is 8.77. The van der Waals surface area contributed by atoms with Gasteiger partial charge in [0.05, 0.1) is 18.1 Å². The van der Waals surface area contributed by atoms with Gasteiger partial charge in [-0.2, -0.15) is 0 Å². The number of amides is 2. The number of hydrogen-bond acceptors (Lipinski definition) is 4. The first-order valence-corrected chi connectivity index (χ1v) is 9.52. The number of imide groups is 1. The lowest BCUT2D eigenvalue weighted by Crippen LogP contribution is -2.61. The van der Waals surface area contributed by atoms with E-state index < -0.39 is 18.1 Å². The number of hydrogen-bond donors (Lipinski definition) is 1. The lowest BCUT2D eigenvalue weighted by atomic mass is 9.67. The van der Waals surface area contributed by atoms with Crippen LogP contribution >= 0.6 is 0 Å². The lowest BCUT2D eigenvalue weighted by molar-refractivity contribution is -0.149. The van der Waals surface area contributed by atoms with Gasteiger partial charge in [0.15, 0.2) is 0 Å². The second-order valence-electron chi connectivity index (χ2n) is 8.77. The molecule has 2 bridgehead atoms. The van der Waals surface area contributed by atoms with E-state index >= 15 is 0 Å². The Hall–Kier alpha value is -1.88. The highest BCUT2D eigenvalue weighted by molar-refractivity contribution is 5.94. The van der Waals surface area contributed by atoms with Crippen LogP contribution in [0.3, 0.4) is 0 Å². The maximum atomic E-state index is 13.2. The first-order chi connectivity index (χ1) is 12.3. The molecule has 5 atom stereocenters. The lowest BCUT2D eigenvalue weighted by Gasteiger charge is -2.49. The van der Waals surface area contributed by atoms with Crippen molar-refractivity contribution in [3.8, 4) is 0 Å². The summed E-state index contributed by atoms with van der Waals surface area (Å²) in [4.78, 5) is 27.1. The molecule has 1 heterocycles. The molecule has 5 heteroatoms.